The minimum absolute atomic E-state index is 0.172. The summed E-state index contributed by atoms with van der Waals surface area (Å²) in [5, 5.41) is 0.0359. The van der Waals surface area contributed by atoms with Crippen LogP contribution in [0.2, 0.25) is 10.0 Å². The van der Waals surface area contributed by atoms with Gasteiger partial charge in [0.2, 0.25) is 0 Å². The van der Waals surface area contributed by atoms with Gasteiger partial charge in [-0.25, -0.2) is 4.90 Å². The van der Waals surface area contributed by atoms with Gasteiger partial charge in [-0.3, -0.25) is 14.6 Å². The quantitative estimate of drug-likeness (QED) is 0.741. The fourth-order valence-corrected chi connectivity index (χ4v) is 3.14. The van der Waals surface area contributed by atoms with E-state index in [1.54, 1.807) is 48.7 Å². The normalized spacial score (nSPS) is 16.6. The van der Waals surface area contributed by atoms with Gasteiger partial charge in [-0.2, -0.15) is 0 Å². The summed E-state index contributed by atoms with van der Waals surface area (Å²) in [4.78, 5) is 30.1. The van der Waals surface area contributed by atoms with Crippen molar-refractivity contribution in [2.75, 3.05) is 4.90 Å². The first kappa shape index (κ1) is 15.1. The molecule has 4 nitrogen and oxygen atoms in total. The summed E-state index contributed by atoms with van der Waals surface area (Å²) in [6.07, 6.45) is 3.19. The fraction of sp³-hybridized carbons (Fsp3) is 0. The Morgan fingerprint density at radius 2 is 1.91 bits per heavy atom. The maximum absolute atomic E-state index is 12.5. The first-order valence-corrected chi connectivity index (χ1v) is 7.78. The predicted molar refractivity (Wildman–Crippen MR) is 89.1 cm³/mol. The van der Waals surface area contributed by atoms with Gasteiger partial charge in [0, 0.05) is 6.20 Å². The van der Waals surface area contributed by atoms with E-state index in [1.165, 1.54) is 0 Å². The number of pyridine rings is 1. The second kappa shape index (κ2) is 6.12. The first-order valence-electron chi connectivity index (χ1n) is 6.21. The highest BCUT2D eigenvalue weighted by Crippen LogP contribution is 2.40. The van der Waals surface area contributed by atoms with Gasteiger partial charge in [0.15, 0.2) is 0 Å². The minimum atomic E-state index is -0.440. The number of halogens is 2. The van der Waals surface area contributed by atoms with Crippen molar-refractivity contribution in [2.24, 2.45) is 0 Å². The molecule has 2 aromatic rings. The van der Waals surface area contributed by atoms with Crippen LogP contribution in [-0.2, 0) is 4.79 Å². The highest BCUT2D eigenvalue weighted by Gasteiger charge is 2.37. The molecule has 2 heterocycles. The van der Waals surface area contributed by atoms with E-state index in [2.05, 4.69) is 4.98 Å². The number of anilines is 1. The summed E-state index contributed by atoms with van der Waals surface area (Å²) in [6.45, 7) is 0. The predicted octanol–water partition coefficient (Wildman–Crippen LogP) is 4.63. The Balaban J connectivity index is 1.99. The van der Waals surface area contributed by atoms with Gasteiger partial charge in [-0.1, -0.05) is 35.3 Å². The minimum Gasteiger partial charge on any atom is -0.268 e. The van der Waals surface area contributed by atoms with Crippen LogP contribution in [0.3, 0.4) is 0 Å². The van der Waals surface area contributed by atoms with Crippen LogP contribution in [0.25, 0.3) is 6.08 Å². The van der Waals surface area contributed by atoms with Gasteiger partial charge in [0.1, 0.15) is 0 Å². The maximum Gasteiger partial charge on any atom is 0.298 e. The van der Waals surface area contributed by atoms with Gasteiger partial charge in [-0.05, 0) is 42.1 Å². The topological polar surface area (TPSA) is 50.3 Å². The number of amides is 2. The summed E-state index contributed by atoms with van der Waals surface area (Å²) < 4.78 is 0. The molecule has 1 aliphatic heterocycles. The molecule has 0 N–H and O–H groups in total. The van der Waals surface area contributed by atoms with Crippen LogP contribution in [0.15, 0.2) is 47.5 Å². The Morgan fingerprint density at radius 1 is 1.09 bits per heavy atom. The number of rotatable bonds is 2. The summed E-state index contributed by atoms with van der Waals surface area (Å²) in [7, 11) is 0. The smallest absolute Gasteiger partial charge is 0.268 e. The average molecular weight is 351 g/mol. The van der Waals surface area contributed by atoms with Crippen molar-refractivity contribution in [1.29, 1.82) is 0 Å². The molecule has 0 unspecified atom stereocenters. The van der Waals surface area contributed by atoms with Crippen molar-refractivity contribution in [3.8, 4) is 0 Å². The lowest BCUT2D eigenvalue weighted by atomic mass is 10.2. The van der Waals surface area contributed by atoms with Gasteiger partial charge >= 0.3 is 0 Å². The molecule has 3 rings (SSSR count). The first-order chi connectivity index (χ1) is 10.6. The zero-order valence-corrected chi connectivity index (χ0v) is 13.3. The van der Waals surface area contributed by atoms with Crippen molar-refractivity contribution >= 4 is 57.9 Å². The van der Waals surface area contributed by atoms with Gasteiger partial charge in [0.05, 0.1) is 26.3 Å². The SMILES string of the molecule is O=C1S/C(=C/c2ccccn2)C(=O)N1c1cccc(Cl)c1Cl. The van der Waals surface area contributed by atoms with Gasteiger partial charge in [-0.15, -0.1) is 0 Å². The van der Waals surface area contributed by atoms with Gasteiger partial charge < -0.3 is 0 Å². The van der Waals surface area contributed by atoms with Gasteiger partial charge in [0.25, 0.3) is 11.1 Å². The van der Waals surface area contributed by atoms with Crippen LogP contribution in [0.4, 0.5) is 10.5 Å². The van der Waals surface area contributed by atoms with Crippen molar-refractivity contribution in [3.05, 3.63) is 63.2 Å². The molecule has 1 aliphatic rings. The Morgan fingerprint density at radius 3 is 2.64 bits per heavy atom. The van der Waals surface area contributed by atoms with Crippen LogP contribution >= 0.6 is 35.0 Å². The highest BCUT2D eigenvalue weighted by molar-refractivity contribution is 8.19. The number of aromatic nitrogens is 1. The monoisotopic (exact) mass is 350 g/mol. The molecule has 0 saturated carbocycles. The standard InChI is InChI=1S/C15H8Cl2N2O2S/c16-10-5-3-6-11(13(10)17)19-14(20)12(22-15(19)21)8-9-4-1-2-7-18-9/h1-8H/b12-8+. The lowest BCUT2D eigenvalue weighted by Gasteiger charge is -2.14. The number of carbonyl (C=O) groups is 2. The van der Waals surface area contributed by atoms with Crippen molar-refractivity contribution in [3.63, 3.8) is 0 Å². The second-order valence-corrected chi connectivity index (χ2v) is 6.12. The molecule has 0 bridgehead atoms. The number of carbonyl (C=O) groups excluding carboxylic acids is 2. The Bertz CT molecular complexity index is 793. The molecule has 0 aliphatic carbocycles. The molecule has 1 aromatic heterocycles. The third-order valence-corrected chi connectivity index (χ3v) is 4.61. The number of benzene rings is 1. The molecule has 0 spiro atoms. The van der Waals surface area contributed by atoms with Crippen molar-refractivity contribution < 1.29 is 9.59 Å². The maximum atomic E-state index is 12.5. The van der Waals surface area contributed by atoms with E-state index in [-0.39, 0.29) is 15.7 Å². The van der Waals surface area contributed by atoms with Crippen LogP contribution in [0.1, 0.15) is 5.69 Å². The molecule has 7 heteroatoms. The van der Waals surface area contributed by atoms with E-state index >= 15 is 0 Å². The molecule has 110 valence electrons. The van der Waals surface area contributed by atoms with E-state index in [4.69, 9.17) is 23.2 Å². The van der Waals surface area contributed by atoms with Crippen molar-refractivity contribution in [1.82, 2.24) is 4.98 Å². The third kappa shape index (κ3) is 2.75. The summed E-state index contributed by atoms with van der Waals surface area (Å²) in [5.41, 5.74) is 0.881. The zero-order valence-electron chi connectivity index (χ0n) is 11.0. The third-order valence-electron chi connectivity index (χ3n) is 2.93. The average Bonchev–Trinajstić information content (AvgIpc) is 2.78. The number of thioether (sulfide) groups is 1. The highest BCUT2D eigenvalue weighted by atomic mass is 35.5. The van der Waals surface area contributed by atoms with Crippen LogP contribution in [0, 0.1) is 0 Å². The van der Waals surface area contributed by atoms with E-state index in [0.717, 1.165) is 16.7 Å². The zero-order chi connectivity index (χ0) is 15.7. The molecular weight excluding hydrogens is 343 g/mol. The molecule has 1 aromatic carbocycles. The second-order valence-electron chi connectivity index (χ2n) is 4.34. The fourth-order valence-electron chi connectivity index (χ4n) is 1.94. The number of hydrogen-bond donors (Lipinski definition) is 0. The van der Waals surface area contributed by atoms with Crippen LogP contribution < -0.4 is 4.90 Å². The summed E-state index contributed by atoms with van der Waals surface area (Å²) in [5.74, 6) is -0.440. The summed E-state index contributed by atoms with van der Waals surface area (Å²) in [6, 6.07) is 10.1. The molecule has 1 saturated heterocycles. The van der Waals surface area contributed by atoms with E-state index in [1.807, 2.05) is 0 Å². The van der Waals surface area contributed by atoms with Crippen molar-refractivity contribution in [2.45, 2.75) is 0 Å². The number of imide groups is 1. The molecule has 22 heavy (non-hydrogen) atoms. The Labute approximate surface area is 140 Å². The van der Waals surface area contributed by atoms with Crippen LogP contribution in [0.5, 0.6) is 0 Å². The molecular formula is C15H8Cl2N2O2S. The lowest BCUT2D eigenvalue weighted by Crippen LogP contribution is -2.27. The van der Waals surface area contributed by atoms with E-state index in [9.17, 15) is 9.59 Å². The number of hydrogen-bond acceptors (Lipinski definition) is 4. The largest absolute Gasteiger partial charge is 0.298 e. The number of nitrogens with zero attached hydrogens (tertiary/aromatic N) is 2. The Kier molecular flexibility index (Phi) is 4.20. The molecule has 1 fully saturated rings. The van der Waals surface area contributed by atoms with Crippen LogP contribution in [-0.4, -0.2) is 16.1 Å². The van der Waals surface area contributed by atoms with E-state index in [0.29, 0.717) is 10.6 Å². The molecule has 2 amide bonds. The lowest BCUT2D eigenvalue weighted by molar-refractivity contribution is -0.113. The molecule has 0 atom stereocenters. The Hall–Kier alpha value is -1.82. The van der Waals surface area contributed by atoms with E-state index < -0.39 is 11.1 Å². The molecule has 0 radical (unpaired) electrons. The summed E-state index contributed by atoms with van der Waals surface area (Å²) >= 11 is 12.9.